The minimum absolute atomic E-state index is 0.0274. The maximum Gasteiger partial charge on any atom is 0.243 e. The number of aryl methyl sites for hydroxylation is 1. The van der Waals surface area contributed by atoms with Crippen LogP contribution in [0.4, 0.5) is 0 Å². The Morgan fingerprint density at radius 2 is 1.81 bits per heavy atom. The third-order valence-corrected chi connectivity index (χ3v) is 6.54. The lowest BCUT2D eigenvalue weighted by Gasteiger charge is -2.36. The molecule has 1 fully saturated rings. The Kier molecular flexibility index (Phi) is 5.41. The molecule has 0 aromatic heterocycles. The van der Waals surface area contributed by atoms with E-state index in [-0.39, 0.29) is 12.0 Å². The Hall–Kier alpha value is -0.910. The molecule has 1 aromatic rings. The van der Waals surface area contributed by atoms with Gasteiger partial charge in [-0.15, -0.1) is 0 Å². The van der Waals surface area contributed by atoms with Crippen LogP contribution in [-0.4, -0.2) is 32.4 Å². The van der Waals surface area contributed by atoms with Crippen LogP contribution in [0.2, 0.25) is 0 Å². The van der Waals surface area contributed by atoms with Crippen LogP contribution in [0, 0.1) is 5.92 Å². The summed E-state index contributed by atoms with van der Waals surface area (Å²) in [6.45, 7) is 2.61. The second-order valence-corrected chi connectivity index (χ2v) is 7.86. The highest BCUT2D eigenvalue weighted by molar-refractivity contribution is 7.89. The van der Waals surface area contributed by atoms with Crippen molar-refractivity contribution in [1.29, 1.82) is 0 Å². The molecule has 0 heterocycles. The van der Waals surface area contributed by atoms with E-state index in [1.807, 2.05) is 12.1 Å². The molecule has 0 amide bonds. The molecular weight excluding hydrogens is 284 g/mol. The smallest absolute Gasteiger partial charge is 0.243 e. The second kappa shape index (κ2) is 6.90. The first-order chi connectivity index (χ1) is 10.0. The van der Waals surface area contributed by atoms with Crippen molar-refractivity contribution in [2.75, 3.05) is 13.6 Å². The van der Waals surface area contributed by atoms with E-state index in [1.54, 1.807) is 23.5 Å². The first kappa shape index (κ1) is 16.5. The average Bonchev–Trinajstić information content (AvgIpc) is 2.54. The Labute approximate surface area is 128 Å². The van der Waals surface area contributed by atoms with E-state index in [0.717, 1.165) is 37.7 Å². The average molecular weight is 310 g/mol. The van der Waals surface area contributed by atoms with Gasteiger partial charge in [0.25, 0.3) is 0 Å². The molecule has 1 saturated carbocycles. The highest BCUT2D eigenvalue weighted by Gasteiger charge is 2.34. The van der Waals surface area contributed by atoms with Crippen molar-refractivity contribution in [2.45, 2.75) is 50.0 Å². The molecule has 0 radical (unpaired) electrons. The van der Waals surface area contributed by atoms with Crippen molar-refractivity contribution in [2.24, 2.45) is 11.7 Å². The monoisotopic (exact) mass is 310 g/mol. The van der Waals surface area contributed by atoms with Crippen LogP contribution < -0.4 is 5.73 Å². The normalized spacial score (nSPS) is 23.4. The minimum atomic E-state index is -3.43. The summed E-state index contributed by atoms with van der Waals surface area (Å²) in [5, 5.41) is 0. The van der Waals surface area contributed by atoms with E-state index in [4.69, 9.17) is 5.73 Å². The SMILES string of the molecule is CCc1ccc(S(=O)(=O)N(C)C2CCCCC2CN)cc1. The van der Waals surface area contributed by atoms with Crippen LogP contribution >= 0.6 is 0 Å². The van der Waals surface area contributed by atoms with E-state index >= 15 is 0 Å². The molecule has 0 aliphatic heterocycles. The predicted molar refractivity (Wildman–Crippen MR) is 85.6 cm³/mol. The van der Waals surface area contributed by atoms with Gasteiger partial charge in [0.1, 0.15) is 0 Å². The Balaban J connectivity index is 2.24. The Morgan fingerprint density at radius 1 is 1.19 bits per heavy atom. The maximum atomic E-state index is 12.8. The van der Waals surface area contributed by atoms with Crippen LogP contribution in [0.1, 0.15) is 38.2 Å². The number of rotatable bonds is 5. The minimum Gasteiger partial charge on any atom is -0.330 e. The summed E-state index contributed by atoms with van der Waals surface area (Å²) in [6.07, 6.45) is 5.07. The maximum absolute atomic E-state index is 12.8. The van der Waals surface area contributed by atoms with Crippen LogP contribution in [0.25, 0.3) is 0 Å². The highest BCUT2D eigenvalue weighted by Crippen LogP contribution is 2.30. The molecule has 2 N–H and O–H groups in total. The molecule has 5 heteroatoms. The summed E-state index contributed by atoms with van der Waals surface area (Å²) in [6, 6.07) is 7.24. The standard InChI is InChI=1S/C16H26N2O2S/c1-3-13-8-10-15(11-9-13)21(19,20)18(2)16-7-5-4-6-14(16)12-17/h8-11,14,16H,3-7,12,17H2,1-2H3. The zero-order valence-corrected chi connectivity index (χ0v) is 13.8. The van der Waals surface area contributed by atoms with Crippen LogP contribution in [0.5, 0.6) is 0 Å². The molecule has 1 aliphatic rings. The van der Waals surface area contributed by atoms with Crippen LogP contribution in [0.15, 0.2) is 29.2 Å². The largest absolute Gasteiger partial charge is 0.330 e. The Bertz CT molecular complexity index is 554. The number of hydrogen-bond donors (Lipinski definition) is 1. The summed E-state index contributed by atoms with van der Waals surface area (Å²) in [5.74, 6) is 0.272. The third kappa shape index (κ3) is 3.47. The molecule has 1 aromatic carbocycles. The molecule has 2 rings (SSSR count). The lowest BCUT2D eigenvalue weighted by Crippen LogP contribution is -2.45. The second-order valence-electron chi connectivity index (χ2n) is 5.87. The van der Waals surface area contributed by atoms with Gasteiger partial charge in [-0.25, -0.2) is 8.42 Å². The molecule has 0 bridgehead atoms. The topological polar surface area (TPSA) is 63.4 Å². The van der Waals surface area contributed by atoms with Gasteiger partial charge < -0.3 is 5.73 Å². The highest BCUT2D eigenvalue weighted by atomic mass is 32.2. The van der Waals surface area contributed by atoms with E-state index in [1.165, 1.54) is 0 Å². The first-order valence-electron chi connectivity index (χ1n) is 7.77. The zero-order chi connectivity index (χ0) is 15.5. The number of nitrogens with zero attached hydrogens (tertiary/aromatic N) is 1. The number of sulfonamides is 1. The number of benzene rings is 1. The van der Waals surface area contributed by atoms with E-state index < -0.39 is 10.0 Å². The van der Waals surface area contributed by atoms with Gasteiger partial charge in [0.2, 0.25) is 10.0 Å². The van der Waals surface area contributed by atoms with Crippen molar-refractivity contribution in [3.8, 4) is 0 Å². The van der Waals surface area contributed by atoms with Crippen LogP contribution in [0.3, 0.4) is 0 Å². The van der Waals surface area contributed by atoms with Crippen molar-refractivity contribution in [1.82, 2.24) is 4.31 Å². The summed E-state index contributed by atoms with van der Waals surface area (Å²) in [4.78, 5) is 0.378. The molecule has 0 spiro atoms. The fourth-order valence-electron chi connectivity index (χ4n) is 3.18. The summed E-state index contributed by atoms with van der Waals surface area (Å²) < 4.78 is 27.1. The fourth-order valence-corrected chi connectivity index (χ4v) is 4.63. The van der Waals surface area contributed by atoms with Crippen LogP contribution in [-0.2, 0) is 16.4 Å². The van der Waals surface area contributed by atoms with Gasteiger partial charge >= 0.3 is 0 Å². The lowest BCUT2D eigenvalue weighted by molar-refractivity contribution is 0.204. The zero-order valence-electron chi connectivity index (χ0n) is 13.0. The van der Waals surface area contributed by atoms with Gasteiger partial charge in [-0.3, -0.25) is 0 Å². The molecule has 2 atom stereocenters. The first-order valence-corrected chi connectivity index (χ1v) is 9.21. The van der Waals surface area contributed by atoms with Gasteiger partial charge in [-0.05, 0) is 49.4 Å². The molecule has 118 valence electrons. The molecule has 1 aliphatic carbocycles. The molecule has 4 nitrogen and oxygen atoms in total. The third-order valence-electron chi connectivity index (χ3n) is 4.65. The summed E-state index contributed by atoms with van der Waals surface area (Å²) >= 11 is 0. The Morgan fingerprint density at radius 3 is 2.38 bits per heavy atom. The van der Waals surface area contributed by atoms with Crippen molar-refractivity contribution >= 4 is 10.0 Å². The molecule has 2 unspecified atom stereocenters. The van der Waals surface area contributed by atoms with E-state index in [2.05, 4.69) is 6.92 Å². The van der Waals surface area contributed by atoms with Gasteiger partial charge in [0, 0.05) is 13.1 Å². The van der Waals surface area contributed by atoms with Crippen molar-refractivity contribution < 1.29 is 8.42 Å². The predicted octanol–water partition coefficient (Wildman–Crippen LogP) is 2.39. The van der Waals surface area contributed by atoms with Gasteiger partial charge in [-0.1, -0.05) is 31.9 Å². The van der Waals surface area contributed by atoms with E-state index in [9.17, 15) is 8.42 Å². The quantitative estimate of drug-likeness (QED) is 0.908. The fraction of sp³-hybridized carbons (Fsp3) is 0.625. The summed E-state index contributed by atoms with van der Waals surface area (Å²) in [7, 11) is -1.73. The molecular formula is C16H26N2O2S. The van der Waals surface area contributed by atoms with Crippen molar-refractivity contribution in [3.05, 3.63) is 29.8 Å². The van der Waals surface area contributed by atoms with Gasteiger partial charge in [0.15, 0.2) is 0 Å². The van der Waals surface area contributed by atoms with Gasteiger partial charge in [0.05, 0.1) is 4.90 Å². The van der Waals surface area contributed by atoms with E-state index in [0.29, 0.717) is 11.4 Å². The van der Waals surface area contributed by atoms with Gasteiger partial charge in [-0.2, -0.15) is 4.31 Å². The molecule has 0 saturated heterocycles. The molecule has 21 heavy (non-hydrogen) atoms. The number of hydrogen-bond acceptors (Lipinski definition) is 3. The van der Waals surface area contributed by atoms with Crippen molar-refractivity contribution in [3.63, 3.8) is 0 Å². The summed E-state index contributed by atoms with van der Waals surface area (Å²) in [5.41, 5.74) is 6.98. The number of nitrogens with two attached hydrogens (primary N) is 1. The lowest BCUT2D eigenvalue weighted by atomic mass is 9.85.